The van der Waals surface area contributed by atoms with Crippen LogP contribution in [0.15, 0.2) is 89.1 Å². The lowest BCUT2D eigenvalue weighted by Gasteiger charge is -2.11. The quantitative estimate of drug-likeness (QED) is 0.232. The molecule has 7 nitrogen and oxygen atoms in total. The second-order valence-corrected chi connectivity index (χ2v) is 8.85. The van der Waals surface area contributed by atoms with E-state index in [4.69, 9.17) is 0 Å². The lowest BCUT2D eigenvalue weighted by molar-refractivity contribution is -0.118. The number of nitrogens with one attached hydrogen (secondary N) is 1. The maximum Gasteiger partial charge on any atom is 0.250 e. The maximum atomic E-state index is 12.4. The minimum Gasteiger partial charge on any atom is -0.378 e. The lowest BCUT2D eigenvalue weighted by atomic mass is 10.1. The summed E-state index contributed by atoms with van der Waals surface area (Å²) in [4.78, 5) is 14.4. The average Bonchev–Trinajstić information content (AvgIpc) is 3.28. The van der Waals surface area contributed by atoms with Crippen molar-refractivity contribution in [3.8, 4) is 17.1 Å². The molecule has 0 unspecified atom stereocenters. The lowest BCUT2D eigenvalue weighted by Crippen LogP contribution is -2.20. The number of benzene rings is 3. The van der Waals surface area contributed by atoms with Crippen LogP contribution in [-0.2, 0) is 4.79 Å². The van der Waals surface area contributed by atoms with Gasteiger partial charge in [-0.2, -0.15) is 5.10 Å². The van der Waals surface area contributed by atoms with Gasteiger partial charge in [-0.25, -0.2) is 5.43 Å². The zero-order valence-electron chi connectivity index (χ0n) is 19.3. The Morgan fingerprint density at radius 1 is 1.00 bits per heavy atom. The molecular formula is C26H26N6OS. The molecule has 0 aliphatic carbocycles. The third-order valence-corrected chi connectivity index (χ3v) is 6.03. The van der Waals surface area contributed by atoms with E-state index in [9.17, 15) is 4.79 Å². The van der Waals surface area contributed by atoms with Crippen LogP contribution < -0.4 is 10.3 Å². The van der Waals surface area contributed by atoms with Crippen LogP contribution in [0.25, 0.3) is 17.1 Å². The number of hydrazone groups is 1. The number of aryl methyl sites for hydroxylation is 1. The van der Waals surface area contributed by atoms with E-state index < -0.39 is 0 Å². The molecule has 4 aromatic rings. The van der Waals surface area contributed by atoms with Crippen molar-refractivity contribution in [3.63, 3.8) is 0 Å². The van der Waals surface area contributed by atoms with Gasteiger partial charge in [-0.3, -0.25) is 9.36 Å². The first-order valence-corrected chi connectivity index (χ1v) is 11.8. The number of nitrogens with zero attached hydrogens (tertiary/aromatic N) is 5. The summed E-state index contributed by atoms with van der Waals surface area (Å²) < 4.78 is 1.97. The Kier molecular flexibility index (Phi) is 7.39. The van der Waals surface area contributed by atoms with E-state index in [1.54, 1.807) is 6.21 Å². The van der Waals surface area contributed by atoms with Gasteiger partial charge in [0.25, 0.3) is 5.91 Å². The second kappa shape index (κ2) is 10.8. The summed E-state index contributed by atoms with van der Waals surface area (Å²) >= 11 is 1.32. The molecule has 0 atom stereocenters. The van der Waals surface area contributed by atoms with Gasteiger partial charge in [0.1, 0.15) is 0 Å². The van der Waals surface area contributed by atoms with E-state index in [2.05, 4.69) is 20.7 Å². The van der Waals surface area contributed by atoms with Crippen LogP contribution in [-0.4, -0.2) is 46.7 Å². The highest BCUT2D eigenvalue weighted by Gasteiger charge is 2.17. The van der Waals surface area contributed by atoms with E-state index in [-0.39, 0.29) is 11.7 Å². The molecule has 172 valence electrons. The minimum atomic E-state index is -0.217. The Balaban J connectivity index is 1.45. The van der Waals surface area contributed by atoms with Gasteiger partial charge < -0.3 is 4.90 Å². The fourth-order valence-electron chi connectivity index (χ4n) is 3.26. The summed E-state index contributed by atoms with van der Waals surface area (Å²) in [6.45, 7) is 2.05. The molecule has 34 heavy (non-hydrogen) atoms. The summed E-state index contributed by atoms with van der Waals surface area (Å²) in [6.07, 6.45) is 1.63. The fraction of sp³-hybridized carbons (Fsp3) is 0.154. The molecule has 0 aliphatic rings. The molecule has 3 aromatic carbocycles. The fourth-order valence-corrected chi connectivity index (χ4v) is 4.01. The van der Waals surface area contributed by atoms with Crippen molar-refractivity contribution in [3.05, 3.63) is 90.0 Å². The molecule has 0 spiro atoms. The normalized spacial score (nSPS) is 11.0. The topological polar surface area (TPSA) is 75.4 Å². The smallest absolute Gasteiger partial charge is 0.250 e. The zero-order valence-corrected chi connectivity index (χ0v) is 20.2. The number of hydrogen-bond donors (Lipinski definition) is 1. The first-order chi connectivity index (χ1) is 16.5. The van der Waals surface area contributed by atoms with Gasteiger partial charge in [-0.05, 0) is 36.8 Å². The van der Waals surface area contributed by atoms with Crippen LogP contribution in [0.1, 0.15) is 11.1 Å². The zero-order chi connectivity index (χ0) is 23.9. The van der Waals surface area contributed by atoms with Gasteiger partial charge in [-0.1, -0.05) is 71.9 Å². The Hall–Kier alpha value is -3.91. The van der Waals surface area contributed by atoms with E-state index >= 15 is 0 Å². The molecule has 0 radical (unpaired) electrons. The largest absolute Gasteiger partial charge is 0.378 e. The number of para-hydroxylation sites is 1. The van der Waals surface area contributed by atoms with Crippen LogP contribution >= 0.6 is 11.8 Å². The first-order valence-electron chi connectivity index (χ1n) is 10.8. The Morgan fingerprint density at radius 3 is 2.38 bits per heavy atom. The number of carbonyl (C=O) groups is 1. The highest BCUT2D eigenvalue weighted by Crippen LogP contribution is 2.28. The minimum absolute atomic E-state index is 0.162. The molecule has 1 aromatic heterocycles. The number of amides is 1. The number of carbonyl (C=O) groups excluding carboxylic acids is 1. The van der Waals surface area contributed by atoms with Crippen LogP contribution in [0.4, 0.5) is 5.69 Å². The van der Waals surface area contributed by atoms with Gasteiger partial charge in [0.15, 0.2) is 11.0 Å². The summed E-state index contributed by atoms with van der Waals surface area (Å²) in [5.41, 5.74) is 7.67. The van der Waals surface area contributed by atoms with Crippen molar-refractivity contribution in [1.29, 1.82) is 0 Å². The summed E-state index contributed by atoms with van der Waals surface area (Å²) in [5, 5.41) is 13.5. The molecule has 0 saturated carbocycles. The van der Waals surface area contributed by atoms with Crippen molar-refractivity contribution < 1.29 is 4.79 Å². The molecule has 1 heterocycles. The number of thioether (sulfide) groups is 1. The van der Waals surface area contributed by atoms with Crippen LogP contribution in [0.5, 0.6) is 0 Å². The SMILES string of the molecule is Cc1ccc(-c2nnc(SCC(=O)N/N=C/c3ccc(N(C)C)cc3)n2-c2ccccc2)cc1. The Bertz CT molecular complexity index is 1270. The standard InChI is InChI=1S/C26H26N6OS/c1-19-9-13-21(14-10-19)25-29-30-26(32(25)23-7-5-4-6-8-23)34-18-24(33)28-27-17-20-11-15-22(16-12-20)31(2)3/h4-17H,18H2,1-3H3,(H,28,33)/b27-17+. The molecule has 0 bridgehead atoms. The van der Waals surface area contributed by atoms with Gasteiger partial charge in [0.2, 0.25) is 0 Å². The summed E-state index contributed by atoms with van der Waals surface area (Å²) in [7, 11) is 3.98. The third kappa shape index (κ3) is 5.71. The van der Waals surface area contributed by atoms with Crippen molar-refractivity contribution in [2.45, 2.75) is 12.1 Å². The number of rotatable bonds is 8. The van der Waals surface area contributed by atoms with E-state index in [0.717, 1.165) is 28.3 Å². The molecule has 0 saturated heterocycles. The van der Waals surface area contributed by atoms with Gasteiger partial charge in [-0.15, -0.1) is 10.2 Å². The predicted octanol–water partition coefficient (Wildman–Crippen LogP) is 4.55. The highest BCUT2D eigenvalue weighted by atomic mass is 32.2. The van der Waals surface area contributed by atoms with E-state index in [1.165, 1.54) is 17.3 Å². The summed E-state index contributed by atoms with van der Waals surface area (Å²) in [5.74, 6) is 0.675. The molecule has 0 aliphatic heterocycles. The van der Waals surface area contributed by atoms with Crippen LogP contribution in [0.2, 0.25) is 0 Å². The Labute approximate surface area is 203 Å². The molecule has 0 fully saturated rings. The maximum absolute atomic E-state index is 12.4. The van der Waals surface area contributed by atoms with Crippen molar-refractivity contribution in [2.24, 2.45) is 5.10 Å². The summed E-state index contributed by atoms with van der Waals surface area (Å²) in [6, 6.07) is 26.0. The van der Waals surface area contributed by atoms with Gasteiger partial charge in [0.05, 0.1) is 12.0 Å². The Morgan fingerprint density at radius 2 is 1.71 bits per heavy atom. The highest BCUT2D eigenvalue weighted by molar-refractivity contribution is 7.99. The van der Waals surface area contributed by atoms with Crippen molar-refractivity contribution >= 4 is 29.6 Å². The second-order valence-electron chi connectivity index (χ2n) is 7.91. The number of hydrogen-bond acceptors (Lipinski definition) is 6. The predicted molar refractivity (Wildman–Crippen MR) is 139 cm³/mol. The van der Waals surface area contributed by atoms with Gasteiger partial charge >= 0.3 is 0 Å². The monoisotopic (exact) mass is 470 g/mol. The molecule has 4 rings (SSSR count). The van der Waals surface area contributed by atoms with E-state index in [1.807, 2.05) is 109 Å². The van der Waals surface area contributed by atoms with Gasteiger partial charge in [0, 0.05) is 31.0 Å². The average molecular weight is 471 g/mol. The van der Waals surface area contributed by atoms with Crippen LogP contribution in [0, 0.1) is 6.92 Å². The first kappa shape index (κ1) is 23.3. The van der Waals surface area contributed by atoms with E-state index in [0.29, 0.717) is 5.16 Å². The van der Waals surface area contributed by atoms with Crippen LogP contribution in [0.3, 0.4) is 0 Å². The van der Waals surface area contributed by atoms with Crippen molar-refractivity contribution in [2.75, 3.05) is 24.7 Å². The van der Waals surface area contributed by atoms with Crippen molar-refractivity contribution in [1.82, 2.24) is 20.2 Å². The molecule has 1 N–H and O–H groups in total. The number of aromatic nitrogens is 3. The molecular weight excluding hydrogens is 444 g/mol. The molecule has 1 amide bonds. The number of anilines is 1. The third-order valence-electron chi connectivity index (χ3n) is 5.10. The molecule has 8 heteroatoms.